The zero-order chi connectivity index (χ0) is 20.5. The molecule has 2 amide bonds. The summed E-state index contributed by atoms with van der Waals surface area (Å²) in [6, 6.07) is 16.5. The zero-order valence-electron chi connectivity index (χ0n) is 17.1. The topological polar surface area (TPSA) is 67.4 Å². The second-order valence-corrected chi connectivity index (χ2v) is 7.18. The molecule has 2 atom stereocenters. The van der Waals surface area contributed by atoms with Crippen LogP contribution in [0.25, 0.3) is 0 Å². The molecule has 0 aromatic heterocycles. The quantitative estimate of drug-likeness (QED) is 0.694. The first-order valence-corrected chi connectivity index (χ1v) is 9.79. The van der Waals surface area contributed by atoms with E-state index in [4.69, 9.17) is 4.74 Å². The molecule has 5 nitrogen and oxygen atoms in total. The summed E-state index contributed by atoms with van der Waals surface area (Å²) >= 11 is 0. The Morgan fingerprint density at radius 3 is 2.25 bits per heavy atom. The third kappa shape index (κ3) is 5.84. The lowest BCUT2D eigenvalue weighted by molar-refractivity contribution is -0.124. The lowest BCUT2D eigenvalue weighted by Crippen LogP contribution is -2.50. The van der Waals surface area contributed by atoms with E-state index in [1.54, 1.807) is 18.2 Å². The van der Waals surface area contributed by atoms with Crippen molar-refractivity contribution in [1.82, 2.24) is 10.6 Å². The van der Waals surface area contributed by atoms with Crippen molar-refractivity contribution in [1.29, 1.82) is 0 Å². The van der Waals surface area contributed by atoms with Crippen molar-refractivity contribution >= 4 is 11.8 Å². The third-order valence-corrected chi connectivity index (χ3v) is 4.62. The molecular weight excluding hydrogens is 352 g/mol. The molecule has 0 saturated heterocycles. The van der Waals surface area contributed by atoms with Crippen LogP contribution in [-0.2, 0) is 4.79 Å². The molecule has 0 aliphatic heterocycles. The SMILES string of the molecule is CCOc1ccccc1C(=O)NC(C(=O)NCC(C)c1ccccc1)C(C)C. The standard InChI is InChI=1S/C23H30N2O3/c1-5-28-20-14-10-9-13-19(20)22(26)25-21(16(2)3)23(27)24-15-17(4)18-11-7-6-8-12-18/h6-14,16-17,21H,5,15H2,1-4H3,(H,24,27)(H,25,26). The number of nitrogens with one attached hydrogen (secondary N) is 2. The summed E-state index contributed by atoms with van der Waals surface area (Å²) in [5, 5.41) is 5.84. The van der Waals surface area contributed by atoms with Crippen molar-refractivity contribution in [3.8, 4) is 5.75 Å². The highest BCUT2D eigenvalue weighted by Gasteiger charge is 2.26. The molecule has 0 radical (unpaired) electrons. The fourth-order valence-corrected chi connectivity index (χ4v) is 2.95. The van der Waals surface area contributed by atoms with Crippen LogP contribution in [0, 0.1) is 5.92 Å². The number of carbonyl (C=O) groups is 2. The Labute approximate surface area is 167 Å². The molecule has 2 unspecified atom stereocenters. The number of rotatable bonds is 9. The molecular formula is C23H30N2O3. The van der Waals surface area contributed by atoms with Gasteiger partial charge in [0.2, 0.25) is 5.91 Å². The minimum absolute atomic E-state index is 0.0461. The third-order valence-electron chi connectivity index (χ3n) is 4.62. The minimum atomic E-state index is -0.620. The van der Waals surface area contributed by atoms with Crippen LogP contribution >= 0.6 is 0 Å². The molecule has 2 aromatic carbocycles. The van der Waals surface area contributed by atoms with Crippen LogP contribution < -0.4 is 15.4 Å². The fraction of sp³-hybridized carbons (Fsp3) is 0.391. The van der Waals surface area contributed by atoms with E-state index in [1.165, 1.54) is 5.56 Å². The summed E-state index contributed by atoms with van der Waals surface area (Å²) in [7, 11) is 0. The van der Waals surface area contributed by atoms with Gasteiger partial charge < -0.3 is 15.4 Å². The monoisotopic (exact) mass is 382 g/mol. The largest absolute Gasteiger partial charge is 0.493 e. The Bertz CT molecular complexity index is 774. The Hall–Kier alpha value is -2.82. The van der Waals surface area contributed by atoms with Gasteiger partial charge in [0, 0.05) is 6.54 Å². The molecule has 0 heterocycles. The normalized spacial score (nSPS) is 12.9. The highest BCUT2D eigenvalue weighted by atomic mass is 16.5. The summed E-state index contributed by atoms with van der Waals surface area (Å²) < 4.78 is 5.53. The van der Waals surface area contributed by atoms with E-state index in [0.29, 0.717) is 24.5 Å². The van der Waals surface area contributed by atoms with Crippen LogP contribution in [0.4, 0.5) is 0 Å². The van der Waals surface area contributed by atoms with E-state index in [1.807, 2.05) is 57.2 Å². The molecule has 0 fully saturated rings. The smallest absolute Gasteiger partial charge is 0.255 e. The van der Waals surface area contributed by atoms with Crippen molar-refractivity contribution in [2.45, 2.75) is 39.7 Å². The molecule has 0 aliphatic rings. The molecule has 0 bridgehead atoms. The van der Waals surface area contributed by atoms with Gasteiger partial charge in [0.15, 0.2) is 0 Å². The second-order valence-electron chi connectivity index (χ2n) is 7.18. The molecule has 0 spiro atoms. The predicted molar refractivity (Wildman–Crippen MR) is 112 cm³/mol. The van der Waals surface area contributed by atoms with Crippen LogP contribution in [0.3, 0.4) is 0 Å². The second kappa shape index (κ2) is 10.5. The minimum Gasteiger partial charge on any atom is -0.493 e. The maximum Gasteiger partial charge on any atom is 0.255 e. The van der Waals surface area contributed by atoms with Gasteiger partial charge in [-0.15, -0.1) is 0 Å². The lowest BCUT2D eigenvalue weighted by Gasteiger charge is -2.23. The summed E-state index contributed by atoms with van der Waals surface area (Å²) in [4.78, 5) is 25.5. The maximum atomic E-state index is 12.7. The van der Waals surface area contributed by atoms with Gasteiger partial charge in [0.25, 0.3) is 5.91 Å². The van der Waals surface area contributed by atoms with Gasteiger partial charge in [-0.1, -0.05) is 63.2 Å². The zero-order valence-corrected chi connectivity index (χ0v) is 17.1. The summed E-state index contributed by atoms with van der Waals surface area (Å²) in [6.45, 7) is 8.75. The molecule has 0 aliphatic carbocycles. The van der Waals surface area contributed by atoms with Gasteiger partial charge in [-0.25, -0.2) is 0 Å². The molecule has 150 valence electrons. The van der Waals surface area contributed by atoms with Crippen molar-refractivity contribution in [3.63, 3.8) is 0 Å². The Morgan fingerprint density at radius 1 is 0.964 bits per heavy atom. The van der Waals surface area contributed by atoms with E-state index >= 15 is 0 Å². The van der Waals surface area contributed by atoms with Gasteiger partial charge in [-0.3, -0.25) is 9.59 Å². The van der Waals surface area contributed by atoms with Crippen molar-refractivity contribution in [2.75, 3.05) is 13.2 Å². The van der Waals surface area contributed by atoms with Gasteiger partial charge >= 0.3 is 0 Å². The van der Waals surface area contributed by atoms with Crippen molar-refractivity contribution in [3.05, 3.63) is 65.7 Å². The van der Waals surface area contributed by atoms with Gasteiger partial charge in [-0.05, 0) is 36.5 Å². The van der Waals surface area contributed by atoms with Gasteiger partial charge in [0.1, 0.15) is 11.8 Å². The fourth-order valence-electron chi connectivity index (χ4n) is 2.95. The van der Waals surface area contributed by atoms with Crippen LogP contribution in [-0.4, -0.2) is 31.0 Å². The number of benzene rings is 2. The van der Waals surface area contributed by atoms with Crippen molar-refractivity contribution < 1.29 is 14.3 Å². The number of para-hydroxylation sites is 1. The van der Waals surface area contributed by atoms with Gasteiger partial charge in [-0.2, -0.15) is 0 Å². The maximum absolute atomic E-state index is 12.7. The van der Waals surface area contributed by atoms with E-state index in [2.05, 4.69) is 17.6 Å². The number of amides is 2. The van der Waals surface area contributed by atoms with Crippen molar-refractivity contribution in [2.24, 2.45) is 5.92 Å². The first-order valence-electron chi connectivity index (χ1n) is 9.79. The van der Waals surface area contributed by atoms with Crippen LogP contribution in [0.2, 0.25) is 0 Å². The highest BCUT2D eigenvalue weighted by molar-refractivity contribution is 5.99. The van der Waals surface area contributed by atoms with Gasteiger partial charge in [0.05, 0.1) is 12.2 Å². The van der Waals surface area contributed by atoms with Crippen LogP contribution in [0.15, 0.2) is 54.6 Å². The molecule has 28 heavy (non-hydrogen) atoms. The van der Waals surface area contributed by atoms with Crippen LogP contribution in [0.1, 0.15) is 49.5 Å². The molecule has 2 aromatic rings. The molecule has 2 rings (SSSR count). The number of hydrogen-bond donors (Lipinski definition) is 2. The Balaban J connectivity index is 2.02. The van der Waals surface area contributed by atoms with E-state index in [9.17, 15) is 9.59 Å². The summed E-state index contributed by atoms with van der Waals surface area (Å²) in [6.07, 6.45) is 0. The average Bonchev–Trinajstić information content (AvgIpc) is 2.70. The number of hydrogen-bond acceptors (Lipinski definition) is 3. The lowest BCUT2D eigenvalue weighted by atomic mass is 9.99. The summed E-state index contributed by atoms with van der Waals surface area (Å²) in [5.74, 6) is 0.166. The van der Waals surface area contributed by atoms with E-state index in [-0.39, 0.29) is 23.7 Å². The molecule has 2 N–H and O–H groups in total. The first kappa shape index (κ1) is 21.5. The highest BCUT2D eigenvalue weighted by Crippen LogP contribution is 2.18. The van der Waals surface area contributed by atoms with E-state index in [0.717, 1.165) is 0 Å². The predicted octanol–water partition coefficient (Wildman–Crippen LogP) is 3.76. The molecule has 0 saturated carbocycles. The Kier molecular flexibility index (Phi) is 8.05. The first-order chi connectivity index (χ1) is 13.4. The molecule has 5 heteroatoms. The number of carbonyl (C=O) groups excluding carboxylic acids is 2. The van der Waals surface area contributed by atoms with E-state index < -0.39 is 6.04 Å². The average molecular weight is 383 g/mol. The summed E-state index contributed by atoms with van der Waals surface area (Å²) in [5.41, 5.74) is 1.60. The van der Waals surface area contributed by atoms with Crippen LogP contribution in [0.5, 0.6) is 5.75 Å². The number of ether oxygens (including phenoxy) is 1. The Morgan fingerprint density at radius 2 is 1.61 bits per heavy atom.